The molecule has 4 heteroatoms. The molecule has 0 saturated carbocycles. The molecule has 0 aliphatic rings. The van der Waals surface area contributed by atoms with Crippen molar-refractivity contribution in [3.63, 3.8) is 0 Å². The number of rotatable bonds is 3. The lowest BCUT2D eigenvalue weighted by Crippen LogP contribution is -2.26. The van der Waals surface area contributed by atoms with Gasteiger partial charge in [0, 0.05) is 0 Å². The highest BCUT2D eigenvalue weighted by Gasteiger charge is 2.12. The Bertz CT molecular complexity index is 51.2. The molecule has 0 aromatic rings. The molecule has 50 valence electrons. The molecule has 0 fully saturated rings. The van der Waals surface area contributed by atoms with Gasteiger partial charge in [-0.2, -0.15) is 0 Å². The Balaban J connectivity index is 3.29. The summed E-state index contributed by atoms with van der Waals surface area (Å²) in [5.41, 5.74) is 0. The molecule has 0 radical (unpaired) electrons. The monoisotopic (exact) mass is 184 g/mol. The van der Waals surface area contributed by atoms with Crippen molar-refractivity contribution < 1.29 is 15.3 Å². The van der Waals surface area contributed by atoms with Crippen LogP contribution in [0.15, 0.2) is 0 Å². The van der Waals surface area contributed by atoms with Crippen LogP contribution in [-0.2, 0) is 0 Å². The summed E-state index contributed by atoms with van der Waals surface area (Å²) in [5.74, 6) is 0. The fraction of sp³-hybridized carbons (Fsp3) is 1.00. The third-order valence-corrected chi connectivity index (χ3v) is 1.68. The van der Waals surface area contributed by atoms with Crippen molar-refractivity contribution >= 4 is 15.9 Å². The molecule has 0 aliphatic heterocycles. The molecule has 2 unspecified atom stereocenters. The number of alkyl halides is 1. The molecular weight excluding hydrogens is 176 g/mol. The van der Waals surface area contributed by atoms with Gasteiger partial charge in [0.15, 0.2) is 0 Å². The summed E-state index contributed by atoms with van der Waals surface area (Å²) in [6, 6.07) is 0. The summed E-state index contributed by atoms with van der Waals surface area (Å²) < 4.78 is 0. The molecule has 0 rings (SSSR count). The van der Waals surface area contributed by atoms with Gasteiger partial charge < -0.3 is 15.3 Å². The van der Waals surface area contributed by atoms with Crippen LogP contribution in [0.2, 0.25) is 0 Å². The molecule has 2 atom stereocenters. The summed E-state index contributed by atoms with van der Waals surface area (Å²) in [5, 5.41) is 25.2. The van der Waals surface area contributed by atoms with Crippen molar-refractivity contribution in [1.82, 2.24) is 0 Å². The first kappa shape index (κ1) is 8.36. The van der Waals surface area contributed by atoms with Gasteiger partial charge in [-0.25, -0.2) is 0 Å². The van der Waals surface area contributed by atoms with Crippen LogP contribution in [0.5, 0.6) is 0 Å². The summed E-state index contributed by atoms with van der Waals surface area (Å²) >= 11 is 2.94. The first-order chi connectivity index (χ1) is 3.72. The van der Waals surface area contributed by atoms with Crippen LogP contribution in [0.4, 0.5) is 0 Å². The van der Waals surface area contributed by atoms with Gasteiger partial charge in [-0.3, -0.25) is 0 Å². The highest BCUT2D eigenvalue weighted by Crippen LogP contribution is 2.02. The normalized spacial score (nSPS) is 18.0. The van der Waals surface area contributed by atoms with Gasteiger partial charge in [0.1, 0.15) is 0 Å². The minimum Gasteiger partial charge on any atom is -0.395 e. The van der Waals surface area contributed by atoms with Crippen LogP contribution in [-0.4, -0.2) is 39.5 Å². The lowest BCUT2D eigenvalue weighted by Gasteiger charge is -2.10. The molecule has 0 aromatic heterocycles. The van der Waals surface area contributed by atoms with E-state index in [0.29, 0.717) is 0 Å². The number of hydrogen-bond acceptors (Lipinski definition) is 3. The molecule has 0 heterocycles. The van der Waals surface area contributed by atoms with Crippen LogP contribution in [0, 0.1) is 0 Å². The van der Waals surface area contributed by atoms with E-state index in [1.807, 2.05) is 0 Å². The maximum Gasteiger partial charge on any atom is 0.0917 e. The standard InChI is InChI=1S/C4H9BrO3/c5-3(1-6)4(8)2-7/h3-4,6-8H,1-2H2. The quantitative estimate of drug-likeness (QED) is 0.499. The predicted octanol–water partition coefficient (Wildman–Crippen LogP) is -0.905. The SMILES string of the molecule is OCC(O)C(Br)CO. The van der Waals surface area contributed by atoms with Crippen molar-refractivity contribution in [3.8, 4) is 0 Å². The van der Waals surface area contributed by atoms with E-state index < -0.39 is 10.9 Å². The maximum absolute atomic E-state index is 8.67. The van der Waals surface area contributed by atoms with Gasteiger partial charge in [-0.1, -0.05) is 15.9 Å². The molecule has 3 N–H and O–H groups in total. The number of hydrogen-bond donors (Lipinski definition) is 3. The molecule has 0 saturated heterocycles. The molecule has 0 amide bonds. The summed E-state index contributed by atoms with van der Waals surface area (Å²) in [6.45, 7) is -0.488. The van der Waals surface area contributed by atoms with Gasteiger partial charge in [0.25, 0.3) is 0 Å². The number of aliphatic hydroxyl groups is 3. The molecular formula is C4H9BrO3. The van der Waals surface area contributed by atoms with Crippen molar-refractivity contribution in [3.05, 3.63) is 0 Å². The van der Waals surface area contributed by atoms with E-state index in [1.54, 1.807) is 0 Å². The largest absolute Gasteiger partial charge is 0.395 e. The predicted molar refractivity (Wildman–Crippen MR) is 32.9 cm³/mol. The van der Waals surface area contributed by atoms with Gasteiger partial charge in [-0.05, 0) is 0 Å². The van der Waals surface area contributed by atoms with E-state index in [1.165, 1.54) is 0 Å². The second-order valence-corrected chi connectivity index (χ2v) is 2.62. The minimum atomic E-state index is -0.861. The molecule has 0 aliphatic carbocycles. The van der Waals surface area contributed by atoms with Gasteiger partial charge in [-0.15, -0.1) is 0 Å². The second kappa shape index (κ2) is 4.26. The van der Waals surface area contributed by atoms with E-state index in [4.69, 9.17) is 15.3 Å². The van der Waals surface area contributed by atoms with Crippen LogP contribution in [0.25, 0.3) is 0 Å². The fourth-order valence-corrected chi connectivity index (χ4v) is 0.403. The van der Waals surface area contributed by atoms with E-state index in [0.717, 1.165) is 0 Å². The Morgan fingerprint density at radius 1 is 1.25 bits per heavy atom. The summed E-state index contributed by atoms with van der Waals surface area (Å²) in [6.07, 6.45) is -0.861. The lowest BCUT2D eigenvalue weighted by molar-refractivity contribution is 0.0794. The average Bonchev–Trinajstić information content (AvgIpc) is 1.84. The first-order valence-electron chi connectivity index (χ1n) is 2.26. The molecule has 0 aromatic carbocycles. The Morgan fingerprint density at radius 3 is 1.88 bits per heavy atom. The van der Waals surface area contributed by atoms with Crippen LogP contribution >= 0.6 is 15.9 Å². The second-order valence-electron chi connectivity index (χ2n) is 1.45. The third kappa shape index (κ3) is 2.61. The van der Waals surface area contributed by atoms with Gasteiger partial charge in [0.2, 0.25) is 0 Å². The molecule has 0 spiro atoms. The van der Waals surface area contributed by atoms with Crippen molar-refractivity contribution in [2.45, 2.75) is 10.9 Å². The Labute approximate surface area is 56.1 Å². The number of aliphatic hydroxyl groups excluding tert-OH is 3. The zero-order valence-corrected chi connectivity index (χ0v) is 5.87. The van der Waals surface area contributed by atoms with Crippen molar-refractivity contribution in [2.75, 3.05) is 13.2 Å². The summed E-state index contributed by atoms with van der Waals surface area (Å²) in [4.78, 5) is -0.410. The Morgan fingerprint density at radius 2 is 1.75 bits per heavy atom. The first-order valence-corrected chi connectivity index (χ1v) is 3.17. The summed E-state index contributed by atoms with van der Waals surface area (Å²) in [7, 11) is 0. The third-order valence-electron chi connectivity index (χ3n) is 0.779. The minimum absolute atomic E-state index is 0.165. The zero-order chi connectivity index (χ0) is 6.57. The van der Waals surface area contributed by atoms with E-state index in [2.05, 4.69) is 15.9 Å². The van der Waals surface area contributed by atoms with Gasteiger partial charge in [0.05, 0.1) is 24.1 Å². The lowest BCUT2D eigenvalue weighted by atomic mass is 10.3. The molecule has 8 heavy (non-hydrogen) atoms. The number of halogens is 1. The van der Waals surface area contributed by atoms with Crippen LogP contribution in [0.1, 0.15) is 0 Å². The van der Waals surface area contributed by atoms with Crippen molar-refractivity contribution in [2.24, 2.45) is 0 Å². The maximum atomic E-state index is 8.67. The van der Waals surface area contributed by atoms with Gasteiger partial charge >= 0.3 is 0 Å². The highest BCUT2D eigenvalue weighted by atomic mass is 79.9. The Kier molecular flexibility index (Phi) is 4.45. The van der Waals surface area contributed by atoms with Crippen LogP contribution < -0.4 is 0 Å². The fourth-order valence-electron chi connectivity index (χ4n) is 0.236. The van der Waals surface area contributed by atoms with E-state index >= 15 is 0 Å². The highest BCUT2D eigenvalue weighted by molar-refractivity contribution is 9.09. The Hall–Kier alpha value is 0.360. The zero-order valence-electron chi connectivity index (χ0n) is 4.29. The topological polar surface area (TPSA) is 60.7 Å². The average molecular weight is 185 g/mol. The smallest absolute Gasteiger partial charge is 0.0917 e. The van der Waals surface area contributed by atoms with Crippen LogP contribution in [0.3, 0.4) is 0 Å². The molecule has 3 nitrogen and oxygen atoms in total. The molecule has 0 bridgehead atoms. The van der Waals surface area contributed by atoms with Crippen molar-refractivity contribution in [1.29, 1.82) is 0 Å². The van der Waals surface area contributed by atoms with E-state index in [9.17, 15) is 0 Å². The van der Waals surface area contributed by atoms with E-state index in [-0.39, 0.29) is 13.2 Å².